The first-order valence-electron chi connectivity index (χ1n) is 10.5. The predicted octanol–water partition coefficient (Wildman–Crippen LogP) is 3.12. The van der Waals surface area contributed by atoms with E-state index < -0.39 is 5.97 Å². The van der Waals surface area contributed by atoms with Crippen molar-refractivity contribution in [2.24, 2.45) is 0 Å². The van der Waals surface area contributed by atoms with E-state index in [1.54, 1.807) is 37.4 Å². The highest BCUT2D eigenvalue weighted by molar-refractivity contribution is 5.89. The SMILES string of the molecule is COc1ccccc1Nc1nc(N)nc(COC(=O)c2ccc(OC[C@H]3CCCO3)cc2)n1. The Hall–Kier alpha value is -3.92. The van der Waals surface area contributed by atoms with Crippen LogP contribution < -0.4 is 20.5 Å². The highest BCUT2D eigenvalue weighted by Crippen LogP contribution is 2.25. The van der Waals surface area contributed by atoms with Gasteiger partial charge in [-0.25, -0.2) is 4.79 Å². The molecule has 1 aromatic heterocycles. The largest absolute Gasteiger partial charge is 0.495 e. The minimum atomic E-state index is -0.515. The van der Waals surface area contributed by atoms with E-state index in [9.17, 15) is 4.79 Å². The first kappa shape index (κ1) is 22.3. The van der Waals surface area contributed by atoms with E-state index in [1.807, 2.05) is 18.2 Å². The second-order valence-corrected chi connectivity index (χ2v) is 7.31. The highest BCUT2D eigenvalue weighted by Gasteiger charge is 2.16. The smallest absolute Gasteiger partial charge is 0.338 e. The van der Waals surface area contributed by atoms with Gasteiger partial charge < -0.3 is 30.0 Å². The molecule has 4 rings (SSSR count). The second kappa shape index (κ2) is 10.6. The zero-order valence-corrected chi connectivity index (χ0v) is 18.2. The van der Waals surface area contributed by atoms with Gasteiger partial charge in [-0.1, -0.05) is 12.1 Å². The van der Waals surface area contributed by atoms with Crippen molar-refractivity contribution < 1.29 is 23.7 Å². The number of nitrogens with two attached hydrogens (primary N) is 1. The molecule has 10 nitrogen and oxygen atoms in total. The van der Waals surface area contributed by atoms with E-state index in [0.29, 0.717) is 29.4 Å². The predicted molar refractivity (Wildman–Crippen MR) is 121 cm³/mol. The summed E-state index contributed by atoms with van der Waals surface area (Å²) in [4.78, 5) is 24.8. The van der Waals surface area contributed by atoms with Crippen molar-refractivity contribution in [1.82, 2.24) is 15.0 Å². The number of carbonyl (C=O) groups excluding carboxylic acids is 1. The maximum absolute atomic E-state index is 12.4. The number of hydrogen-bond donors (Lipinski definition) is 2. The summed E-state index contributed by atoms with van der Waals surface area (Å²) in [5.74, 6) is 1.20. The molecule has 0 bridgehead atoms. The molecule has 0 saturated carbocycles. The van der Waals surface area contributed by atoms with E-state index in [1.165, 1.54) is 0 Å². The topological polar surface area (TPSA) is 131 Å². The lowest BCUT2D eigenvalue weighted by molar-refractivity contribution is 0.0461. The van der Waals surface area contributed by atoms with Gasteiger partial charge in [0.15, 0.2) is 12.4 Å². The number of nitrogens with one attached hydrogen (secondary N) is 1. The fraction of sp³-hybridized carbons (Fsp3) is 0.304. The molecule has 0 amide bonds. The van der Waals surface area contributed by atoms with Gasteiger partial charge in [-0.3, -0.25) is 0 Å². The van der Waals surface area contributed by atoms with Crippen LogP contribution in [0.1, 0.15) is 29.0 Å². The van der Waals surface area contributed by atoms with Crippen LogP contribution in [-0.2, 0) is 16.1 Å². The lowest BCUT2D eigenvalue weighted by atomic mass is 10.2. The Morgan fingerprint density at radius 2 is 1.97 bits per heavy atom. The molecular formula is C23H25N5O5. The zero-order chi connectivity index (χ0) is 23.0. The summed E-state index contributed by atoms with van der Waals surface area (Å²) in [6, 6.07) is 14.0. The average Bonchev–Trinajstić information content (AvgIpc) is 3.35. The molecule has 10 heteroatoms. The maximum atomic E-state index is 12.4. The van der Waals surface area contributed by atoms with Crippen LogP contribution in [0.3, 0.4) is 0 Å². The quantitative estimate of drug-likeness (QED) is 0.468. The fourth-order valence-corrected chi connectivity index (χ4v) is 3.29. The maximum Gasteiger partial charge on any atom is 0.338 e. The Balaban J connectivity index is 1.34. The molecule has 1 saturated heterocycles. The number of benzene rings is 2. The molecule has 0 aliphatic carbocycles. The number of para-hydroxylation sites is 2. The molecule has 0 unspecified atom stereocenters. The Morgan fingerprint density at radius 1 is 1.15 bits per heavy atom. The number of nitrogen functional groups attached to an aromatic ring is 1. The van der Waals surface area contributed by atoms with Crippen molar-refractivity contribution in [3.63, 3.8) is 0 Å². The fourth-order valence-electron chi connectivity index (χ4n) is 3.29. The highest BCUT2D eigenvalue weighted by atomic mass is 16.5. The number of ether oxygens (including phenoxy) is 4. The van der Waals surface area contributed by atoms with Crippen LogP contribution in [0.15, 0.2) is 48.5 Å². The van der Waals surface area contributed by atoms with Gasteiger partial charge in [-0.15, -0.1) is 0 Å². The van der Waals surface area contributed by atoms with Crippen molar-refractivity contribution in [3.05, 3.63) is 59.9 Å². The molecule has 3 N–H and O–H groups in total. The lowest BCUT2D eigenvalue weighted by Gasteiger charge is -2.12. The summed E-state index contributed by atoms with van der Waals surface area (Å²) in [5, 5.41) is 3.03. The molecule has 1 aliphatic heterocycles. The molecule has 1 atom stereocenters. The van der Waals surface area contributed by atoms with Crippen molar-refractivity contribution in [2.45, 2.75) is 25.6 Å². The van der Waals surface area contributed by atoms with Gasteiger partial charge in [0.1, 0.15) is 18.1 Å². The first-order chi connectivity index (χ1) is 16.1. The average molecular weight is 451 g/mol. The standard InChI is InChI=1S/C23H25N5O5/c1-30-19-7-3-2-6-18(19)25-23-27-20(26-22(24)28-23)14-33-21(29)15-8-10-16(11-9-15)32-13-17-5-4-12-31-17/h2-3,6-11,17H,4-5,12-14H2,1H3,(H3,24,25,26,27,28)/t17-/m1/s1. The molecule has 1 fully saturated rings. The van der Waals surface area contributed by atoms with E-state index in [2.05, 4.69) is 20.3 Å². The normalized spacial score (nSPS) is 15.1. The van der Waals surface area contributed by atoms with E-state index in [-0.39, 0.29) is 30.4 Å². The summed E-state index contributed by atoms with van der Waals surface area (Å²) in [6.45, 7) is 1.11. The van der Waals surface area contributed by atoms with Gasteiger partial charge in [0, 0.05) is 6.61 Å². The van der Waals surface area contributed by atoms with Gasteiger partial charge in [0.2, 0.25) is 11.9 Å². The molecule has 33 heavy (non-hydrogen) atoms. The number of esters is 1. The van der Waals surface area contributed by atoms with Crippen LogP contribution in [0.25, 0.3) is 0 Å². The Bertz CT molecular complexity index is 1090. The summed E-state index contributed by atoms with van der Waals surface area (Å²) in [7, 11) is 1.57. The minimum Gasteiger partial charge on any atom is -0.495 e. The van der Waals surface area contributed by atoms with E-state index in [4.69, 9.17) is 24.7 Å². The summed E-state index contributed by atoms with van der Waals surface area (Å²) in [6.07, 6.45) is 2.19. The molecule has 172 valence electrons. The first-order valence-corrected chi connectivity index (χ1v) is 10.5. The molecule has 0 spiro atoms. The lowest BCUT2D eigenvalue weighted by Crippen LogP contribution is -2.16. The van der Waals surface area contributed by atoms with E-state index in [0.717, 1.165) is 19.4 Å². The molecule has 2 heterocycles. The Morgan fingerprint density at radius 3 is 2.73 bits per heavy atom. The van der Waals surface area contributed by atoms with Crippen LogP contribution in [0.5, 0.6) is 11.5 Å². The van der Waals surface area contributed by atoms with Gasteiger partial charge in [-0.05, 0) is 49.2 Å². The van der Waals surface area contributed by atoms with Crippen LogP contribution >= 0.6 is 0 Å². The summed E-state index contributed by atoms with van der Waals surface area (Å²) in [5.41, 5.74) is 6.84. The van der Waals surface area contributed by atoms with Crippen molar-refractivity contribution in [1.29, 1.82) is 0 Å². The Kier molecular flexibility index (Phi) is 7.16. The van der Waals surface area contributed by atoms with Gasteiger partial charge in [-0.2, -0.15) is 15.0 Å². The van der Waals surface area contributed by atoms with E-state index >= 15 is 0 Å². The monoisotopic (exact) mass is 451 g/mol. The van der Waals surface area contributed by atoms with Gasteiger partial charge >= 0.3 is 5.97 Å². The molecule has 1 aliphatic rings. The van der Waals surface area contributed by atoms with Crippen LogP contribution in [-0.4, -0.2) is 47.3 Å². The number of methoxy groups -OCH3 is 1. The third-order valence-corrected chi connectivity index (χ3v) is 4.93. The van der Waals surface area contributed by atoms with Gasteiger partial charge in [0.25, 0.3) is 0 Å². The number of nitrogens with zero attached hydrogens (tertiary/aromatic N) is 3. The zero-order valence-electron chi connectivity index (χ0n) is 18.2. The second-order valence-electron chi connectivity index (χ2n) is 7.31. The van der Waals surface area contributed by atoms with Crippen molar-refractivity contribution >= 4 is 23.6 Å². The van der Waals surface area contributed by atoms with Gasteiger partial charge in [0.05, 0.1) is 24.5 Å². The number of aromatic nitrogens is 3. The van der Waals surface area contributed by atoms with Crippen molar-refractivity contribution in [3.8, 4) is 11.5 Å². The number of rotatable bonds is 9. The minimum absolute atomic E-state index is 0.00110. The third-order valence-electron chi connectivity index (χ3n) is 4.93. The Labute approximate surface area is 191 Å². The molecular weight excluding hydrogens is 426 g/mol. The number of hydrogen-bond acceptors (Lipinski definition) is 10. The third kappa shape index (κ3) is 6.07. The number of carbonyl (C=O) groups is 1. The molecule has 2 aromatic carbocycles. The van der Waals surface area contributed by atoms with Crippen LogP contribution in [0.4, 0.5) is 17.6 Å². The van der Waals surface area contributed by atoms with Crippen LogP contribution in [0.2, 0.25) is 0 Å². The van der Waals surface area contributed by atoms with Crippen molar-refractivity contribution in [2.75, 3.05) is 31.4 Å². The molecule has 0 radical (unpaired) electrons. The van der Waals surface area contributed by atoms with Crippen LogP contribution in [0, 0.1) is 0 Å². The summed E-state index contributed by atoms with van der Waals surface area (Å²) >= 11 is 0. The molecule has 3 aromatic rings. The summed E-state index contributed by atoms with van der Waals surface area (Å²) < 4.78 is 21.9. The number of anilines is 3.